The fourth-order valence-electron chi connectivity index (χ4n) is 2.83. The van der Waals surface area contributed by atoms with E-state index in [1.165, 1.54) is 6.21 Å². The standard InChI is InChI=1S/C25H24N2O4/c1-2-30-23-17-20(13-15-22(23)31-25(29)21-11-7-4-8-12-21)18-26-27-24(28)16-14-19-9-5-3-6-10-19/h3-13,15,17-18H,2,14,16H2,1H3,(H,27,28). The molecule has 158 valence electrons. The Morgan fingerprint density at radius 1 is 0.935 bits per heavy atom. The van der Waals surface area contributed by atoms with Gasteiger partial charge in [-0.2, -0.15) is 5.10 Å². The Balaban J connectivity index is 1.59. The first kappa shape index (κ1) is 21.8. The molecule has 1 amide bonds. The number of benzene rings is 3. The summed E-state index contributed by atoms with van der Waals surface area (Å²) < 4.78 is 11.1. The van der Waals surface area contributed by atoms with Crippen LogP contribution in [0.3, 0.4) is 0 Å². The molecule has 0 aliphatic carbocycles. The van der Waals surface area contributed by atoms with Crippen molar-refractivity contribution in [3.05, 3.63) is 95.6 Å². The van der Waals surface area contributed by atoms with Crippen LogP contribution in [0.25, 0.3) is 0 Å². The fraction of sp³-hybridized carbons (Fsp3) is 0.160. The molecule has 0 unspecified atom stereocenters. The molecule has 0 aromatic heterocycles. The van der Waals surface area contributed by atoms with Crippen molar-refractivity contribution in [2.45, 2.75) is 19.8 Å². The summed E-state index contributed by atoms with van der Waals surface area (Å²) >= 11 is 0. The third-order valence-electron chi connectivity index (χ3n) is 4.37. The Labute approximate surface area is 181 Å². The molecule has 3 rings (SSSR count). The lowest BCUT2D eigenvalue weighted by Gasteiger charge is -2.11. The summed E-state index contributed by atoms with van der Waals surface area (Å²) in [5, 5.41) is 4.01. The lowest BCUT2D eigenvalue weighted by molar-refractivity contribution is -0.121. The lowest BCUT2D eigenvalue weighted by Crippen LogP contribution is -2.17. The maximum absolute atomic E-state index is 12.3. The lowest BCUT2D eigenvalue weighted by atomic mass is 10.1. The Hall–Kier alpha value is -3.93. The Kier molecular flexibility index (Phi) is 7.94. The quantitative estimate of drug-likeness (QED) is 0.243. The van der Waals surface area contributed by atoms with Gasteiger partial charge in [0.15, 0.2) is 11.5 Å². The second-order valence-corrected chi connectivity index (χ2v) is 6.67. The van der Waals surface area contributed by atoms with Gasteiger partial charge in [-0.05, 0) is 54.8 Å². The largest absolute Gasteiger partial charge is 0.490 e. The van der Waals surface area contributed by atoms with Crippen molar-refractivity contribution in [2.24, 2.45) is 5.10 Å². The van der Waals surface area contributed by atoms with Crippen LogP contribution in [-0.2, 0) is 11.2 Å². The van der Waals surface area contributed by atoms with Crippen LogP contribution in [0.2, 0.25) is 0 Å². The zero-order chi connectivity index (χ0) is 21.9. The average molecular weight is 416 g/mol. The van der Waals surface area contributed by atoms with Crippen molar-refractivity contribution in [3.8, 4) is 11.5 Å². The third-order valence-corrected chi connectivity index (χ3v) is 4.37. The highest BCUT2D eigenvalue weighted by molar-refractivity contribution is 5.91. The highest BCUT2D eigenvalue weighted by Gasteiger charge is 2.13. The van der Waals surface area contributed by atoms with Crippen molar-refractivity contribution in [1.29, 1.82) is 0 Å². The molecule has 0 bridgehead atoms. The van der Waals surface area contributed by atoms with Crippen molar-refractivity contribution in [2.75, 3.05) is 6.61 Å². The topological polar surface area (TPSA) is 77.0 Å². The SMILES string of the molecule is CCOc1cc(C=NNC(=O)CCc2ccccc2)ccc1OC(=O)c1ccccc1. The predicted octanol–water partition coefficient (Wildman–Crippen LogP) is 4.39. The molecule has 6 nitrogen and oxygen atoms in total. The summed E-state index contributed by atoms with van der Waals surface area (Å²) in [7, 11) is 0. The summed E-state index contributed by atoms with van der Waals surface area (Å²) in [6.45, 7) is 2.25. The van der Waals surface area contributed by atoms with Crippen LogP contribution >= 0.6 is 0 Å². The molecule has 1 N–H and O–H groups in total. The van der Waals surface area contributed by atoms with Crippen LogP contribution in [0.5, 0.6) is 11.5 Å². The van der Waals surface area contributed by atoms with Crippen molar-refractivity contribution in [3.63, 3.8) is 0 Å². The predicted molar refractivity (Wildman–Crippen MR) is 120 cm³/mol. The number of hydrogen-bond acceptors (Lipinski definition) is 5. The summed E-state index contributed by atoms with van der Waals surface area (Å²) in [4.78, 5) is 24.3. The van der Waals surface area contributed by atoms with Crippen molar-refractivity contribution in [1.82, 2.24) is 5.43 Å². The number of nitrogens with one attached hydrogen (secondary N) is 1. The highest BCUT2D eigenvalue weighted by Crippen LogP contribution is 2.29. The molecular formula is C25H24N2O4. The van der Waals surface area contributed by atoms with Gasteiger partial charge < -0.3 is 9.47 Å². The summed E-state index contributed by atoms with van der Waals surface area (Å²) in [6.07, 6.45) is 2.52. The molecule has 0 heterocycles. The van der Waals surface area contributed by atoms with Crippen LogP contribution in [0.4, 0.5) is 0 Å². The molecule has 6 heteroatoms. The van der Waals surface area contributed by atoms with E-state index < -0.39 is 5.97 Å². The first-order valence-corrected chi connectivity index (χ1v) is 10.1. The van der Waals surface area contributed by atoms with E-state index in [-0.39, 0.29) is 5.91 Å². The van der Waals surface area contributed by atoms with Gasteiger partial charge in [-0.3, -0.25) is 4.79 Å². The normalized spacial score (nSPS) is 10.6. The van der Waals surface area contributed by atoms with Crippen LogP contribution < -0.4 is 14.9 Å². The Morgan fingerprint density at radius 3 is 2.35 bits per heavy atom. The van der Waals surface area contributed by atoms with Gasteiger partial charge in [0.05, 0.1) is 18.4 Å². The zero-order valence-electron chi connectivity index (χ0n) is 17.3. The molecule has 0 fully saturated rings. The van der Waals surface area contributed by atoms with Gasteiger partial charge in [-0.25, -0.2) is 10.2 Å². The monoisotopic (exact) mass is 416 g/mol. The highest BCUT2D eigenvalue weighted by atomic mass is 16.6. The smallest absolute Gasteiger partial charge is 0.343 e. The van der Waals surface area contributed by atoms with Gasteiger partial charge in [0.25, 0.3) is 0 Å². The molecule has 3 aromatic carbocycles. The van der Waals surface area contributed by atoms with E-state index in [1.54, 1.807) is 42.5 Å². The molecule has 0 radical (unpaired) electrons. The van der Waals surface area contributed by atoms with Crippen LogP contribution in [0.15, 0.2) is 84.0 Å². The first-order chi connectivity index (χ1) is 15.2. The third kappa shape index (κ3) is 6.82. The number of nitrogens with zero attached hydrogens (tertiary/aromatic N) is 1. The molecule has 0 saturated heterocycles. The van der Waals surface area contributed by atoms with Gasteiger partial charge in [-0.15, -0.1) is 0 Å². The van der Waals surface area contributed by atoms with E-state index in [4.69, 9.17) is 9.47 Å². The number of ether oxygens (including phenoxy) is 2. The molecule has 3 aromatic rings. The fourth-order valence-corrected chi connectivity index (χ4v) is 2.83. The van der Waals surface area contributed by atoms with E-state index in [0.717, 1.165) is 5.56 Å². The maximum Gasteiger partial charge on any atom is 0.343 e. The Bertz CT molecular complexity index is 1030. The summed E-state index contributed by atoms with van der Waals surface area (Å²) in [6, 6.07) is 23.6. The number of carbonyl (C=O) groups is 2. The van der Waals surface area contributed by atoms with Gasteiger partial charge in [0, 0.05) is 6.42 Å². The molecule has 0 saturated carbocycles. The number of carbonyl (C=O) groups excluding carboxylic acids is 2. The number of aryl methyl sites for hydroxylation is 1. The summed E-state index contributed by atoms with van der Waals surface area (Å²) in [5.74, 6) is 0.109. The summed E-state index contributed by atoms with van der Waals surface area (Å²) in [5.41, 5.74) is 4.78. The Morgan fingerprint density at radius 2 is 1.65 bits per heavy atom. The zero-order valence-corrected chi connectivity index (χ0v) is 17.3. The van der Waals surface area contributed by atoms with E-state index >= 15 is 0 Å². The minimum atomic E-state index is -0.464. The number of hydrogen-bond donors (Lipinski definition) is 1. The molecule has 0 atom stereocenters. The average Bonchev–Trinajstić information content (AvgIpc) is 2.80. The molecule has 0 spiro atoms. The van der Waals surface area contributed by atoms with Gasteiger partial charge in [0.2, 0.25) is 5.91 Å². The maximum atomic E-state index is 12.3. The van der Waals surface area contributed by atoms with E-state index in [9.17, 15) is 9.59 Å². The number of hydrazone groups is 1. The van der Waals surface area contributed by atoms with E-state index in [2.05, 4.69) is 10.5 Å². The van der Waals surface area contributed by atoms with Crippen LogP contribution in [0.1, 0.15) is 34.8 Å². The van der Waals surface area contributed by atoms with E-state index in [1.807, 2.05) is 43.3 Å². The van der Waals surface area contributed by atoms with E-state index in [0.29, 0.717) is 42.1 Å². The van der Waals surface area contributed by atoms with Gasteiger partial charge in [-0.1, -0.05) is 48.5 Å². The minimum Gasteiger partial charge on any atom is -0.490 e. The van der Waals surface area contributed by atoms with Crippen molar-refractivity contribution < 1.29 is 19.1 Å². The number of esters is 1. The van der Waals surface area contributed by atoms with Crippen LogP contribution in [0, 0.1) is 0 Å². The second-order valence-electron chi connectivity index (χ2n) is 6.67. The van der Waals surface area contributed by atoms with Gasteiger partial charge in [0.1, 0.15) is 0 Å². The second kappa shape index (κ2) is 11.3. The molecule has 0 aliphatic heterocycles. The molecule has 0 aliphatic rings. The molecule has 31 heavy (non-hydrogen) atoms. The minimum absolute atomic E-state index is 0.168. The number of rotatable bonds is 9. The van der Waals surface area contributed by atoms with Crippen LogP contribution in [-0.4, -0.2) is 24.7 Å². The van der Waals surface area contributed by atoms with Gasteiger partial charge >= 0.3 is 5.97 Å². The first-order valence-electron chi connectivity index (χ1n) is 10.1. The molecular weight excluding hydrogens is 392 g/mol. The van der Waals surface area contributed by atoms with Crippen molar-refractivity contribution >= 4 is 18.1 Å². The number of amides is 1.